The minimum atomic E-state index is -0.432. The molecule has 0 amide bonds. The highest BCUT2D eigenvalue weighted by Crippen LogP contribution is 2.18. The van der Waals surface area contributed by atoms with Crippen molar-refractivity contribution in [2.75, 3.05) is 6.54 Å². The number of hydrogen-bond donors (Lipinski definition) is 2. The molecule has 2 rings (SSSR count). The highest BCUT2D eigenvalue weighted by molar-refractivity contribution is 9.10. The quantitative estimate of drug-likeness (QED) is 0.832. The summed E-state index contributed by atoms with van der Waals surface area (Å²) in [5.74, 6) is 0. The molecule has 0 saturated carbocycles. The molecule has 0 bridgehead atoms. The Morgan fingerprint density at radius 3 is 2.81 bits per heavy atom. The molecule has 0 fully saturated rings. The van der Waals surface area contributed by atoms with Crippen molar-refractivity contribution >= 4 is 15.9 Å². The predicted molar refractivity (Wildman–Crippen MR) is 69.3 cm³/mol. The second kappa shape index (κ2) is 5.62. The molecule has 3 heteroatoms. The third-order valence-corrected chi connectivity index (χ3v) is 3.33. The van der Waals surface area contributed by atoms with Crippen LogP contribution in [-0.2, 0) is 0 Å². The highest BCUT2D eigenvalue weighted by Gasteiger charge is 2.13. The first-order valence-corrected chi connectivity index (χ1v) is 6.37. The van der Waals surface area contributed by atoms with Crippen LogP contribution in [0.2, 0.25) is 0 Å². The van der Waals surface area contributed by atoms with Crippen molar-refractivity contribution in [1.82, 2.24) is 5.32 Å². The van der Waals surface area contributed by atoms with E-state index in [1.165, 1.54) is 0 Å². The van der Waals surface area contributed by atoms with Gasteiger partial charge in [0.1, 0.15) is 0 Å². The van der Waals surface area contributed by atoms with Gasteiger partial charge < -0.3 is 10.4 Å². The molecule has 0 aliphatic heterocycles. The van der Waals surface area contributed by atoms with E-state index in [2.05, 4.69) is 33.4 Å². The average Bonchev–Trinajstić information content (AvgIpc) is 2.78. The Hall–Kier alpha value is -0.640. The first kappa shape index (κ1) is 11.8. The molecule has 86 valence electrons. The first-order valence-electron chi connectivity index (χ1n) is 5.57. The second-order valence-electron chi connectivity index (χ2n) is 4.12. The fraction of sp³-hybridized carbons (Fsp3) is 0.385. The van der Waals surface area contributed by atoms with E-state index < -0.39 is 6.10 Å². The fourth-order valence-corrected chi connectivity index (χ4v) is 2.31. The van der Waals surface area contributed by atoms with E-state index in [1.807, 2.05) is 24.3 Å². The molecule has 1 aromatic carbocycles. The predicted octanol–water partition coefficient (Wildman–Crippen LogP) is 2.79. The van der Waals surface area contributed by atoms with Gasteiger partial charge in [0.15, 0.2) is 0 Å². The molecule has 1 aliphatic carbocycles. The maximum atomic E-state index is 10.0. The van der Waals surface area contributed by atoms with Gasteiger partial charge in [-0.25, -0.2) is 0 Å². The van der Waals surface area contributed by atoms with Crippen molar-refractivity contribution in [2.45, 2.75) is 25.0 Å². The van der Waals surface area contributed by atoms with Crippen LogP contribution in [0.5, 0.6) is 0 Å². The van der Waals surface area contributed by atoms with E-state index in [1.54, 1.807) is 0 Å². The van der Waals surface area contributed by atoms with Crippen LogP contribution < -0.4 is 5.32 Å². The van der Waals surface area contributed by atoms with Gasteiger partial charge in [0, 0.05) is 17.1 Å². The third-order valence-electron chi connectivity index (χ3n) is 2.84. The summed E-state index contributed by atoms with van der Waals surface area (Å²) in [6, 6.07) is 8.31. The molecule has 0 radical (unpaired) electrons. The summed E-state index contributed by atoms with van der Waals surface area (Å²) >= 11 is 3.41. The van der Waals surface area contributed by atoms with E-state index in [-0.39, 0.29) is 0 Å². The highest BCUT2D eigenvalue weighted by atomic mass is 79.9. The van der Waals surface area contributed by atoms with E-state index in [9.17, 15) is 5.11 Å². The normalized spacial score (nSPS) is 17.9. The van der Waals surface area contributed by atoms with Gasteiger partial charge in [-0.2, -0.15) is 0 Å². The molecule has 2 nitrogen and oxygen atoms in total. The topological polar surface area (TPSA) is 32.3 Å². The minimum Gasteiger partial charge on any atom is -0.387 e. The molecule has 0 saturated heterocycles. The zero-order chi connectivity index (χ0) is 11.4. The maximum Gasteiger partial charge on any atom is 0.0914 e. The number of nitrogens with one attached hydrogen (secondary N) is 1. The van der Waals surface area contributed by atoms with Gasteiger partial charge in [-0.3, -0.25) is 0 Å². The van der Waals surface area contributed by atoms with Crippen molar-refractivity contribution in [3.8, 4) is 0 Å². The molecule has 0 heterocycles. The number of hydrogen-bond acceptors (Lipinski definition) is 2. The van der Waals surface area contributed by atoms with E-state index in [0.717, 1.165) is 22.9 Å². The lowest BCUT2D eigenvalue weighted by atomic mass is 10.1. The van der Waals surface area contributed by atoms with Crippen LogP contribution in [0.1, 0.15) is 24.5 Å². The largest absolute Gasteiger partial charge is 0.387 e. The summed E-state index contributed by atoms with van der Waals surface area (Å²) in [6.07, 6.45) is 6.08. The Bertz CT molecular complexity index is 370. The maximum absolute atomic E-state index is 10.0. The molecule has 16 heavy (non-hydrogen) atoms. The zero-order valence-corrected chi connectivity index (χ0v) is 10.7. The van der Waals surface area contributed by atoms with Crippen LogP contribution in [-0.4, -0.2) is 17.7 Å². The van der Waals surface area contributed by atoms with Crippen molar-refractivity contribution in [3.63, 3.8) is 0 Å². The molecule has 1 aromatic rings. The molecule has 1 unspecified atom stereocenters. The lowest BCUT2D eigenvalue weighted by Gasteiger charge is -2.16. The number of rotatable bonds is 4. The summed E-state index contributed by atoms with van der Waals surface area (Å²) < 4.78 is 1.01. The minimum absolute atomic E-state index is 0.432. The molecular formula is C13H16BrNO. The van der Waals surface area contributed by atoms with Crippen molar-refractivity contribution in [1.29, 1.82) is 0 Å². The second-order valence-corrected chi connectivity index (χ2v) is 5.03. The number of aliphatic hydroxyl groups is 1. The summed E-state index contributed by atoms with van der Waals surface area (Å²) in [7, 11) is 0. The Kier molecular flexibility index (Phi) is 4.16. The van der Waals surface area contributed by atoms with Crippen LogP contribution in [0, 0.1) is 0 Å². The summed E-state index contributed by atoms with van der Waals surface area (Å²) in [5, 5.41) is 13.4. The fourth-order valence-electron chi connectivity index (χ4n) is 1.89. The number of benzene rings is 1. The van der Waals surface area contributed by atoms with Crippen LogP contribution in [0.4, 0.5) is 0 Å². The molecule has 1 aliphatic rings. The Morgan fingerprint density at radius 2 is 2.12 bits per heavy atom. The van der Waals surface area contributed by atoms with Gasteiger partial charge in [-0.05, 0) is 30.5 Å². The molecular weight excluding hydrogens is 266 g/mol. The van der Waals surface area contributed by atoms with Gasteiger partial charge in [-0.15, -0.1) is 0 Å². The SMILES string of the molecule is OC(CNC1CC=CC1)c1cccc(Br)c1. The average molecular weight is 282 g/mol. The summed E-state index contributed by atoms with van der Waals surface area (Å²) in [4.78, 5) is 0. The zero-order valence-electron chi connectivity index (χ0n) is 9.07. The van der Waals surface area contributed by atoms with E-state index in [0.29, 0.717) is 12.6 Å². The molecule has 1 atom stereocenters. The number of aliphatic hydroxyl groups excluding tert-OH is 1. The van der Waals surface area contributed by atoms with Gasteiger partial charge in [0.2, 0.25) is 0 Å². The van der Waals surface area contributed by atoms with Crippen molar-refractivity contribution < 1.29 is 5.11 Å². The first-order chi connectivity index (χ1) is 7.75. The van der Waals surface area contributed by atoms with E-state index in [4.69, 9.17) is 0 Å². The van der Waals surface area contributed by atoms with Crippen LogP contribution in [0.15, 0.2) is 40.9 Å². The summed E-state index contributed by atoms with van der Waals surface area (Å²) in [6.45, 7) is 0.614. The standard InChI is InChI=1S/C13H16BrNO/c14-11-5-3-4-10(8-11)13(16)9-15-12-6-1-2-7-12/h1-5,8,12-13,15-16H,6-7,9H2. The van der Waals surface area contributed by atoms with Crippen molar-refractivity contribution in [2.24, 2.45) is 0 Å². The monoisotopic (exact) mass is 281 g/mol. The van der Waals surface area contributed by atoms with Crippen LogP contribution in [0.25, 0.3) is 0 Å². The Balaban J connectivity index is 1.85. The lowest BCUT2D eigenvalue weighted by Crippen LogP contribution is -2.30. The molecule has 2 N–H and O–H groups in total. The van der Waals surface area contributed by atoms with Gasteiger partial charge >= 0.3 is 0 Å². The van der Waals surface area contributed by atoms with E-state index >= 15 is 0 Å². The van der Waals surface area contributed by atoms with Gasteiger partial charge in [0.25, 0.3) is 0 Å². The summed E-state index contributed by atoms with van der Waals surface area (Å²) in [5.41, 5.74) is 0.952. The van der Waals surface area contributed by atoms with Crippen molar-refractivity contribution in [3.05, 3.63) is 46.5 Å². The van der Waals surface area contributed by atoms with Gasteiger partial charge in [-0.1, -0.05) is 40.2 Å². The van der Waals surface area contributed by atoms with Gasteiger partial charge in [0.05, 0.1) is 6.10 Å². The van der Waals surface area contributed by atoms with Crippen LogP contribution >= 0.6 is 15.9 Å². The molecule has 0 aromatic heterocycles. The Morgan fingerprint density at radius 1 is 1.38 bits per heavy atom. The smallest absolute Gasteiger partial charge is 0.0914 e. The van der Waals surface area contributed by atoms with Crippen LogP contribution in [0.3, 0.4) is 0 Å². The third kappa shape index (κ3) is 3.17. The molecule has 0 spiro atoms. The lowest BCUT2D eigenvalue weighted by molar-refractivity contribution is 0.170. The number of halogens is 1. The Labute approximate surface area is 105 Å².